The van der Waals surface area contributed by atoms with E-state index in [-0.39, 0.29) is 17.6 Å². The zero-order valence-corrected chi connectivity index (χ0v) is 19.0. The van der Waals surface area contributed by atoms with E-state index in [1.807, 2.05) is 6.92 Å². The topological polar surface area (TPSA) is 125 Å². The SMILES string of the molecule is C=C1C(=O)O[C@H]2/C=C(\C)CC/C=C(/C(=O)OC)C[C@@H](OC(=O)[C@](C)(O)[C@H](C)OC(C)=O)[C@@H]12. The fourth-order valence-corrected chi connectivity index (χ4v) is 3.64. The smallest absolute Gasteiger partial charge is 0.342 e. The van der Waals surface area contributed by atoms with Crippen molar-refractivity contribution in [1.29, 1.82) is 0 Å². The van der Waals surface area contributed by atoms with Gasteiger partial charge in [-0.3, -0.25) is 4.79 Å². The zero-order valence-electron chi connectivity index (χ0n) is 19.0. The van der Waals surface area contributed by atoms with E-state index in [1.165, 1.54) is 14.0 Å². The number of aliphatic hydroxyl groups is 1. The van der Waals surface area contributed by atoms with E-state index >= 15 is 0 Å². The number of fused-ring (bicyclic) bond motifs is 1. The average Bonchev–Trinajstić information content (AvgIpc) is 2.98. The van der Waals surface area contributed by atoms with Gasteiger partial charge < -0.3 is 24.1 Å². The molecule has 0 bridgehead atoms. The Morgan fingerprint density at radius 2 is 2.00 bits per heavy atom. The first-order valence-corrected chi connectivity index (χ1v) is 10.3. The summed E-state index contributed by atoms with van der Waals surface area (Å²) in [7, 11) is 1.24. The van der Waals surface area contributed by atoms with Gasteiger partial charge in [0.25, 0.3) is 0 Å². The zero-order chi connectivity index (χ0) is 24.2. The maximum Gasteiger partial charge on any atom is 0.342 e. The van der Waals surface area contributed by atoms with E-state index in [2.05, 4.69) is 6.58 Å². The van der Waals surface area contributed by atoms with Crippen LogP contribution in [-0.4, -0.2) is 60.0 Å². The lowest BCUT2D eigenvalue weighted by Crippen LogP contribution is -2.50. The Labute approximate surface area is 187 Å². The lowest BCUT2D eigenvalue weighted by Gasteiger charge is -2.32. The Morgan fingerprint density at radius 3 is 2.59 bits per heavy atom. The summed E-state index contributed by atoms with van der Waals surface area (Å²) in [5.74, 6) is -3.77. The molecule has 2 aliphatic rings. The summed E-state index contributed by atoms with van der Waals surface area (Å²) in [6, 6.07) is 0. The fraction of sp³-hybridized carbons (Fsp3) is 0.565. The standard InChI is InChI=1S/C23H30O9/c1-12-8-7-9-16(21(26)29-6)11-18(19-13(2)20(25)31-17(19)10-12)32-22(27)23(5,28)14(3)30-15(4)24/h9-10,14,17-19,28H,2,7-8,11H2,1,3-6H3/b12-10+,16-9+/t14-,17-,18+,19-,23+/m0/s1. The van der Waals surface area contributed by atoms with Gasteiger partial charge in [-0.25, -0.2) is 14.4 Å². The molecule has 0 aromatic heterocycles. The van der Waals surface area contributed by atoms with Crippen LogP contribution in [0.5, 0.6) is 0 Å². The number of methoxy groups -OCH3 is 1. The van der Waals surface area contributed by atoms with Gasteiger partial charge in [-0.05, 0) is 39.7 Å². The summed E-state index contributed by atoms with van der Waals surface area (Å²) in [5.41, 5.74) is -0.902. The van der Waals surface area contributed by atoms with Crippen molar-refractivity contribution < 1.29 is 43.2 Å². The highest BCUT2D eigenvalue weighted by Gasteiger charge is 2.48. The van der Waals surface area contributed by atoms with E-state index in [0.717, 1.165) is 19.4 Å². The van der Waals surface area contributed by atoms with Crippen molar-refractivity contribution in [1.82, 2.24) is 0 Å². The number of esters is 4. The first-order valence-electron chi connectivity index (χ1n) is 10.3. The molecule has 1 fully saturated rings. The fourth-order valence-electron chi connectivity index (χ4n) is 3.64. The first kappa shape index (κ1) is 25.3. The molecule has 0 spiro atoms. The summed E-state index contributed by atoms with van der Waals surface area (Å²) < 4.78 is 20.9. The molecule has 0 aromatic carbocycles. The van der Waals surface area contributed by atoms with Crippen molar-refractivity contribution in [2.45, 2.75) is 70.9 Å². The van der Waals surface area contributed by atoms with Crippen LogP contribution in [0.3, 0.4) is 0 Å². The van der Waals surface area contributed by atoms with Crippen molar-refractivity contribution in [3.8, 4) is 0 Å². The van der Waals surface area contributed by atoms with Crippen LogP contribution < -0.4 is 0 Å². The molecule has 5 atom stereocenters. The van der Waals surface area contributed by atoms with E-state index in [4.69, 9.17) is 18.9 Å². The maximum atomic E-state index is 12.9. The van der Waals surface area contributed by atoms with Gasteiger partial charge in [0.1, 0.15) is 18.3 Å². The van der Waals surface area contributed by atoms with Gasteiger partial charge in [0, 0.05) is 24.5 Å². The molecular formula is C23H30O9. The minimum absolute atomic E-state index is 0.0832. The number of hydrogen-bond donors (Lipinski definition) is 1. The maximum absolute atomic E-state index is 12.9. The molecule has 2 rings (SSSR count). The second kappa shape index (κ2) is 10.1. The molecule has 0 aromatic rings. The van der Waals surface area contributed by atoms with Crippen molar-refractivity contribution >= 4 is 23.9 Å². The van der Waals surface area contributed by atoms with Crippen molar-refractivity contribution in [2.24, 2.45) is 5.92 Å². The van der Waals surface area contributed by atoms with Crippen LogP contribution >= 0.6 is 0 Å². The third kappa shape index (κ3) is 5.64. The van der Waals surface area contributed by atoms with Crippen molar-refractivity contribution in [2.75, 3.05) is 7.11 Å². The van der Waals surface area contributed by atoms with Crippen LogP contribution in [-0.2, 0) is 38.1 Å². The molecule has 0 radical (unpaired) electrons. The van der Waals surface area contributed by atoms with Crippen molar-refractivity contribution in [3.05, 3.63) is 35.5 Å². The van der Waals surface area contributed by atoms with Gasteiger partial charge in [-0.2, -0.15) is 0 Å². The second-order valence-electron chi connectivity index (χ2n) is 8.24. The quantitative estimate of drug-likeness (QED) is 0.289. The molecule has 1 heterocycles. The summed E-state index contributed by atoms with van der Waals surface area (Å²) >= 11 is 0. The predicted molar refractivity (Wildman–Crippen MR) is 112 cm³/mol. The molecule has 0 unspecified atom stereocenters. The van der Waals surface area contributed by atoms with Crippen LogP contribution in [0.2, 0.25) is 0 Å². The lowest BCUT2D eigenvalue weighted by atomic mass is 9.85. The highest BCUT2D eigenvalue weighted by molar-refractivity contribution is 5.92. The summed E-state index contributed by atoms with van der Waals surface area (Å²) in [6.45, 7) is 9.32. The second-order valence-corrected chi connectivity index (χ2v) is 8.24. The molecule has 176 valence electrons. The molecule has 9 heteroatoms. The third-order valence-corrected chi connectivity index (χ3v) is 5.72. The van der Waals surface area contributed by atoms with Crippen LogP contribution in [0.4, 0.5) is 0 Å². The minimum Gasteiger partial charge on any atom is -0.466 e. The number of ether oxygens (including phenoxy) is 4. The van der Waals surface area contributed by atoms with E-state index in [1.54, 1.807) is 12.2 Å². The molecule has 0 amide bonds. The molecular weight excluding hydrogens is 420 g/mol. The Morgan fingerprint density at radius 1 is 1.34 bits per heavy atom. The monoisotopic (exact) mass is 450 g/mol. The van der Waals surface area contributed by atoms with Crippen LogP contribution in [0, 0.1) is 5.92 Å². The molecule has 1 aliphatic heterocycles. The Bertz CT molecular complexity index is 865. The number of hydrogen-bond acceptors (Lipinski definition) is 9. The molecule has 32 heavy (non-hydrogen) atoms. The number of carbonyl (C=O) groups excluding carboxylic acids is 4. The predicted octanol–water partition coefficient (Wildman–Crippen LogP) is 1.93. The molecule has 9 nitrogen and oxygen atoms in total. The summed E-state index contributed by atoms with van der Waals surface area (Å²) in [5, 5.41) is 10.7. The molecule has 1 N–H and O–H groups in total. The van der Waals surface area contributed by atoms with E-state index < -0.39 is 53.7 Å². The van der Waals surface area contributed by atoms with Gasteiger partial charge in [0.05, 0.1) is 13.0 Å². The largest absolute Gasteiger partial charge is 0.466 e. The van der Waals surface area contributed by atoms with Gasteiger partial charge in [-0.15, -0.1) is 0 Å². The number of allylic oxidation sites excluding steroid dienone is 2. The number of carbonyl (C=O) groups is 4. The minimum atomic E-state index is -2.18. The van der Waals surface area contributed by atoms with Crippen LogP contribution in [0.15, 0.2) is 35.5 Å². The molecule has 1 saturated heterocycles. The van der Waals surface area contributed by atoms with Gasteiger partial charge in [0.15, 0.2) is 5.60 Å². The first-order chi connectivity index (χ1) is 14.9. The highest BCUT2D eigenvalue weighted by atomic mass is 16.6. The van der Waals surface area contributed by atoms with Crippen molar-refractivity contribution in [3.63, 3.8) is 0 Å². The van der Waals surface area contributed by atoms with Crippen LogP contribution in [0.1, 0.15) is 47.0 Å². The molecule has 0 saturated carbocycles. The average molecular weight is 450 g/mol. The third-order valence-electron chi connectivity index (χ3n) is 5.72. The molecule has 1 aliphatic carbocycles. The normalized spacial score (nSPS) is 29.6. The van der Waals surface area contributed by atoms with Gasteiger partial charge in [-0.1, -0.05) is 18.2 Å². The van der Waals surface area contributed by atoms with Crippen LogP contribution in [0.25, 0.3) is 0 Å². The van der Waals surface area contributed by atoms with Gasteiger partial charge >= 0.3 is 23.9 Å². The highest BCUT2D eigenvalue weighted by Crippen LogP contribution is 2.37. The number of rotatable bonds is 5. The Hall–Kier alpha value is -2.94. The van der Waals surface area contributed by atoms with E-state index in [9.17, 15) is 24.3 Å². The Balaban J connectivity index is 2.45. The van der Waals surface area contributed by atoms with Gasteiger partial charge in [0.2, 0.25) is 0 Å². The lowest BCUT2D eigenvalue weighted by molar-refractivity contribution is -0.188. The van der Waals surface area contributed by atoms with E-state index in [0.29, 0.717) is 12.8 Å². The Kier molecular flexibility index (Phi) is 8.01. The summed E-state index contributed by atoms with van der Waals surface area (Å²) in [6.07, 6.45) is 1.53. The summed E-state index contributed by atoms with van der Waals surface area (Å²) in [4.78, 5) is 48.8.